The highest BCUT2D eigenvalue weighted by atomic mass is 16.5. The molecule has 0 aromatic heterocycles. The van der Waals surface area contributed by atoms with Gasteiger partial charge in [-0.3, -0.25) is 4.79 Å². The van der Waals surface area contributed by atoms with Crippen molar-refractivity contribution in [2.75, 3.05) is 26.6 Å². The Hall–Kier alpha value is -1.91. The first-order valence-electron chi connectivity index (χ1n) is 6.27. The average molecular weight is 265 g/mol. The number of benzene rings is 1. The van der Waals surface area contributed by atoms with Gasteiger partial charge >= 0.3 is 5.97 Å². The third-order valence-corrected chi connectivity index (χ3v) is 3.39. The predicted molar refractivity (Wildman–Crippen MR) is 71.1 cm³/mol. The number of nitrogens with two attached hydrogens (primary N) is 1. The van der Waals surface area contributed by atoms with Gasteiger partial charge in [0.25, 0.3) is 0 Å². The van der Waals surface area contributed by atoms with Crippen molar-refractivity contribution in [2.24, 2.45) is 11.8 Å². The Labute approximate surface area is 112 Å². The first-order chi connectivity index (χ1) is 9.12. The smallest absolute Gasteiger partial charge is 0.308 e. The van der Waals surface area contributed by atoms with Gasteiger partial charge in [-0.15, -0.1) is 0 Å². The molecule has 0 bridgehead atoms. The lowest BCUT2D eigenvalue weighted by Gasteiger charge is -2.32. The SMILES string of the molecule is COc1cc(N)cc(OC[C@H]2C[C@H](C(=O)OC)C2)c1. The molecule has 1 aliphatic carbocycles. The molecular weight excluding hydrogens is 246 g/mol. The van der Waals surface area contributed by atoms with Crippen molar-refractivity contribution in [2.45, 2.75) is 12.8 Å². The molecule has 2 rings (SSSR count). The molecule has 1 aromatic rings. The lowest BCUT2D eigenvalue weighted by molar-refractivity contribution is -0.150. The summed E-state index contributed by atoms with van der Waals surface area (Å²) in [6, 6.07) is 5.30. The van der Waals surface area contributed by atoms with Gasteiger partial charge in [-0.1, -0.05) is 0 Å². The van der Waals surface area contributed by atoms with Crippen LogP contribution >= 0.6 is 0 Å². The molecule has 0 saturated heterocycles. The highest BCUT2D eigenvalue weighted by Crippen LogP contribution is 2.35. The van der Waals surface area contributed by atoms with Gasteiger partial charge in [0.15, 0.2) is 0 Å². The third kappa shape index (κ3) is 3.30. The molecule has 0 heterocycles. The fourth-order valence-electron chi connectivity index (χ4n) is 2.24. The summed E-state index contributed by atoms with van der Waals surface area (Å²) in [4.78, 5) is 11.2. The Morgan fingerprint density at radius 1 is 1.26 bits per heavy atom. The number of esters is 1. The van der Waals surface area contributed by atoms with E-state index in [9.17, 15) is 4.79 Å². The van der Waals surface area contributed by atoms with E-state index >= 15 is 0 Å². The van der Waals surface area contributed by atoms with Crippen LogP contribution in [0.2, 0.25) is 0 Å². The Morgan fingerprint density at radius 2 is 1.95 bits per heavy atom. The average Bonchev–Trinajstić information content (AvgIpc) is 2.35. The molecule has 0 aliphatic heterocycles. The van der Waals surface area contributed by atoms with Crippen molar-refractivity contribution < 1.29 is 19.0 Å². The normalized spacial score (nSPS) is 21.4. The zero-order valence-corrected chi connectivity index (χ0v) is 11.2. The van der Waals surface area contributed by atoms with Crippen LogP contribution in [0, 0.1) is 11.8 Å². The second-order valence-electron chi connectivity index (χ2n) is 4.81. The largest absolute Gasteiger partial charge is 0.497 e. The summed E-state index contributed by atoms with van der Waals surface area (Å²) in [6.45, 7) is 0.583. The highest BCUT2D eigenvalue weighted by molar-refractivity contribution is 5.73. The molecule has 1 aromatic carbocycles. The van der Waals surface area contributed by atoms with Gasteiger partial charge in [-0.25, -0.2) is 0 Å². The van der Waals surface area contributed by atoms with E-state index in [1.165, 1.54) is 7.11 Å². The van der Waals surface area contributed by atoms with Crippen molar-refractivity contribution in [3.8, 4) is 11.5 Å². The van der Waals surface area contributed by atoms with Crippen molar-refractivity contribution in [1.29, 1.82) is 0 Å². The van der Waals surface area contributed by atoms with E-state index in [-0.39, 0.29) is 11.9 Å². The van der Waals surface area contributed by atoms with Crippen LogP contribution < -0.4 is 15.2 Å². The third-order valence-electron chi connectivity index (χ3n) is 3.39. The molecule has 104 valence electrons. The minimum absolute atomic E-state index is 0.0361. The Kier molecular flexibility index (Phi) is 4.14. The maximum atomic E-state index is 11.2. The molecule has 1 aliphatic rings. The first-order valence-corrected chi connectivity index (χ1v) is 6.27. The number of hydrogen-bond acceptors (Lipinski definition) is 5. The lowest BCUT2D eigenvalue weighted by atomic mass is 9.75. The Morgan fingerprint density at radius 3 is 2.58 bits per heavy atom. The second kappa shape index (κ2) is 5.82. The molecule has 2 N–H and O–H groups in total. The summed E-state index contributed by atoms with van der Waals surface area (Å²) >= 11 is 0. The summed E-state index contributed by atoms with van der Waals surface area (Å²) in [6.07, 6.45) is 1.65. The summed E-state index contributed by atoms with van der Waals surface area (Å²) < 4.78 is 15.5. The van der Waals surface area contributed by atoms with Gasteiger partial charge < -0.3 is 19.9 Å². The maximum Gasteiger partial charge on any atom is 0.308 e. The van der Waals surface area contributed by atoms with E-state index in [1.54, 1.807) is 25.3 Å². The van der Waals surface area contributed by atoms with Gasteiger partial charge in [-0.2, -0.15) is 0 Å². The van der Waals surface area contributed by atoms with E-state index in [0.717, 1.165) is 12.8 Å². The zero-order chi connectivity index (χ0) is 13.8. The predicted octanol–water partition coefficient (Wildman–Crippen LogP) is 1.86. The van der Waals surface area contributed by atoms with Crippen LogP contribution in [-0.2, 0) is 9.53 Å². The van der Waals surface area contributed by atoms with Gasteiger partial charge in [0.2, 0.25) is 0 Å². The van der Waals surface area contributed by atoms with Crippen LogP contribution in [0.3, 0.4) is 0 Å². The fourth-order valence-corrected chi connectivity index (χ4v) is 2.24. The quantitative estimate of drug-likeness (QED) is 0.650. The van der Waals surface area contributed by atoms with E-state index < -0.39 is 0 Å². The number of rotatable bonds is 5. The van der Waals surface area contributed by atoms with Gasteiger partial charge in [0.1, 0.15) is 11.5 Å². The monoisotopic (exact) mass is 265 g/mol. The summed E-state index contributed by atoms with van der Waals surface area (Å²) in [5.41, 5.74) is 6.35. The topological polar surface area (TPSA) is 70.8 Å². The lowest BCUT2D eigenvalue weighted by Crippen LogP contribution is -2.34. The molecule has 0 unspecified atom stereocenters. The number of carbonyl (C=O) groups excluding carboxylic acids is 1. The summed E-state index contributed by atoms with van der Waals surface area (Å²) in [7, 11) is 3.01. The van der Waals surface area contributed by atoms with E-state index in [1.807, 2.05) is 0 Å². The number of carbonyl (C=O) groups is 1. The fraction of sp³-hybridized carbons (Fsp3) is 0.500. The van der Waals surface area contributed by atoms with Crippen molar-refractivity contribution >= 4 is 11.7 Å². The van der Waals surface area contributed by atoms with Crippen LogP contribution in [-0.4, -0.2) is 26.8 Å². The van der Waals surface area contributed by atoms with Crippen LogP contribution in [0.5, 0.6) is 11.5 Å². The van der Waals surface area contributed by atoms with Gasteiger partial charge in [-0.05, 0) is 18.8 Å². The van der Waals surface area contributed by atoms with Crippen molar-refractivity contribution in [1.82, 2.24) is 0 Å². The minimum atomic E-state index is -0.123. The van der Waals surface area contributed by atoms with Gasteiger partial charge in [0, 0.05) is 23.9 Å². The van der Waals surface area contributed by atoms with Crippen LogP contribution in [0.1, 0.15) is 12.8 Å². The number of hydrogen-bond donors (Lipinski definition) is 1. The molecule has 0 radical (unpaired) electrons. The number of ether oxygens (including phenoxy) is 3. The van der Waals surface area contributed by atoms with E-state index in [2.05, 4.69) is 0 Å². The minimum Gasteiger partial charge on any atom is -0.497 e. The van der Waals surface area contributed by atoms with E-state index in [4.69, 9.17) is 19.9 Å². The molecule has 1 fully saturated rings. The van der Waals surface area contributed by atoms with E-state index in [0.29, 0.717) is 29.7 Å². The molecular formula is C14H19NO4. The number of nitrogen functional groups attached to an aromatic ring is 1. The van der Waals surface area contributed by atoms with Gasteiger partial charge in [0.05, 0.1) is 26.7 Å². The van der Waals surface area contributed by atoms with Crippen LogP contribution in [0.15, 0.2) is 18.2 Å². The molecule has 5 nitrogen and oxygen atoms in total. The molecule has 19 heavy (non-hydrogen) atoms. The summed E-state index contributed by atoms with van der Waals surface area (Å²) in [5.74, 6) is 1.68. The van der Waals surface area contributed by atoms with Crippen molar-refractivity contribution in [3.05, 3.63) is 18.2 Å². The Balaban J connectivity index is 1.81. The number of methoxy groups -OCH3 is 2. The number of anilines is 1. The van der Waals surface area contributed by atoms with Crippen LogP contribution in [0.4, 0.5) is 5.69 Å². The standard InChI is InChI=1S/C14H19NO4/c1-17-12-5-11(15)6-13(7-12)19-8-9-3-10(4-9)14(16)18-2/h5-7,9-10H,3-4,8,15H2,1-2H3/t9-,10-. The molecule has 0 spiro atoms. The molecule has 0 amide bonds. The zero-order valence-electron chi connectivity index (χ0n) is 11.2. The molecule has 0 atom stereocenters. The summed E-state index contributed by atoms with van der Waals surface area (Å²) in [5, 5.41) is 0. The molecule has 1 saturated carbocycles. The second-order valence-corrected chi connectivity index (χ2v) is 4.81. The highest BCUT2D eigenvalue weighted by Gasteiger charge is 2.35. The maximum absolute atomic E-state index is 11.2. The molecule has 5 heteroatoms. The van der Waals surface area contributed by atoms with Crippen molar-refractivity contribution in [3.63, 3.8) is 0 Å². The first kappa shape index (κ1) is 13.5. The van der Waals surface area contributed by atoms with Crippen LogP contribution in [0.25, 0.3) is 0 Å². The Bertz CT molecular complexity index is 455.